The monoisotopic (exact) mass is 614 g/mol. The highest BCUT2D eigenvalue weighted by Crippen LogP contribution is 2.36. The Balaban J connectivity index is 0.00000196. The van der Waals surface area contributed by atoms with Crippen LogP contribution >= 0.6 is 0 Å². The van der Waals surface area contributed by atoms with Gasteiger partial charge in [0.05, 0.1) is 42.1 Å². The van der Waals surface area contributed by atoms with E-state index in [0.717, 1.165) is 12.1 Å². The van der Waals surface area contributed by atoms with E-state index in [0.29, 0.717) is 42.0 Å². The molecule has 5 aromatic rings. The van der Waals surface area contributed by atoms with Gasteiger partial charge in [-0.05, 0) is 49.2 Å². The van der Waals surface area contributed by atoms with E-state index in [-0.39, 0.29) is 29.3 Å². The number of fused-ring (bicyclic) bond motifs is 1. The number of ketones is 1. The van der Waals surface area contributed by atoms with Gasteiger partial charge in [-0.25, -0.2) is 23.5 Å². The predicted molar refractivity (Wildman–Crippen MR) is 165 cm³/mol. The largest absolute Gasteiger partial charge is 0.453 e. The number of alkyl carbamates (subject to hydrolysis) is 1. The Morgan fingerprint density at radius 1 is 1.00 bits per heavy atom. The lowest BCUT2D eigenvalue weighted by Gasteiger charge is -2.43. The minimum absolute atomic E-state index is 0.157. The molecular weight excluding hydrogens is 582 g/mol. The molecule has 1 aliphatic rings. The smallest absolute Gasteiger partial charge is 0.407 e. The van der Waals surface area contributed by atoms with Crippen molar-refractivity contribution in [1.82, 2.24) is 29.7 Å². The zero-order chi connectivity index (χ0) is 32.1. The Bertz CT molecular complexity index is 1850. The molecule has 0 radical (unpaired) electrons. The van der Waals surface area contributed by atoms with Crippen LogP contribution in [0.25, 0.3) is 16.9 Å². The number of pyridine rings is 2. The summed E-state index contributed by atoms with van der Waals surface area (Å²) in [4.78, 5) is 46.1. The molecule has 0 aliphatic carbocycles. The van der Waals surface area contributed by atoms with Crippen LogP contribution in [0.3, 0.4) is 0 Å². The number of ether oxygens (including phenoxy) is 1. The number of carbonyl (C=O) groups is 2. The standard InChI is InChI=1S/C30H26F2N8O3.C2H6/c1-43-29(42)38-30(25-5-2-3-9-34-25)8-4-11-39(17-30)23-15-36-22(18-6-7-20(31)21(32)13-18)14-19(23)26(41)24-16-37-28-27(33)35-10-12-40(24)28;1-2/h2-3,5-7,9-10,12-16H,4,8,11,17H2,1H3,(H2,33,35)(H,38,42);1-2H3. The van der Waals surface area contributed by atoms with Crippen molar-refractivity contribution >= 4 is 29.0 Å². The number of imidazole rings is 1. The van der Waals surface area contributed by atoms with Crippen molar-refractivity contribution in [3.8, 4) is 11.3 Å². The van der Waals surface area contributed by atoms with Crippen molar-refractivity contribution in [2.24, 2.45) is 0 Å². The lowest BCUT2D eigenvalue weighted by Crippen LogP contribution is -2.57. The average molecular weight is 615 g/mol. The first-order valence-electron chi connectivity index (χ1n) is 14.4. The third-order valence-corrected chi connectivity index (χ3v) is 7.55. The van der Waals surface area contributed by atoms with Crippen molar-refractivity contribution < 1.29 is 23.1 Å². The minimum atomic E-state index is -1.04. The van der Waals surface area contributed by atoms with E-state index in [2.05, 4.69) is 25.3 Å². The minimum Gasteiger partial charge on any atom is -0.453 e. The lowest BCUT2D eigenvalue weighted by molar-refractivity contribution is 0.103. The van der Waals surface area contributed by atoms with E-state index in [1.165, 1.54) is 31.8 Å². The maximum Gasteiger partial charge on any atom is 0.407 e. The second-order valence-corrected chi connectivity index (χ2v) is 10.1. The van der Waals surface area contributed by atoms with Gasteiger partial charge < -0.3 is 20.7 Å². The summed E-state index contributed by atoms with van der Waals surface area (Å²) in [5, 5.41) is 2.97. The van der Waals surface area contributed by atoms with E-state index in [4.69, 9.17) is 10.5 Å². The maximum absolute atomic E-state index is 14.2. The van der Waals surface area contributed by atoms with Crippen LogP contribution in [0, 0.1) is 11.6 Å². The zero-order valence-electron chi connectivity index (χ0n) is 25.0. The normalized spacial score (nSPS) is 16.1. The molecule has 4 aromatic heterocycles. The van der Waals surface area contributed by atoms with E-state index in [1.54, 1.807) is 28.9 Å². The van der Waals surface area contributed by atoms with Gasteiger partial charge in [-0.3, -0.25) is 19.2 Å². The molecule has 1 unspecified atom stereocenters. The molecule has 45 heavy (non-hydrogen) atoms. The highest BCUT2D eigenvalue weighted by molar-refractivity contribution is 6.12. The highest BCUT2D eigenvalue weighted by atomic mass is 19.2. The summed E-state index contributed by atoms with van der Waals surface area (Å²) >= 11 is 0. The second kappa shape index (κ2) is 13.0. The number of carbonyl (C=O) groups excluding carboxylic acids is 2. The number of rotatable bonds is 6. The van der Waals surface area contributed by atoms with Gasteiger partial charge in [-0.15, -0.1) is 0 Å². The van der Waals surface area contributed by atoms with E-state index < -0.39 is 29.0 Å². The number of piperidine rings is 1. The van der Waals surface area contributed by atoms with E-state index in [1.807, 2.05) is 30.9 Å². The predicted octanol–water partition coefficient (Wildman–Crippen LogP) is 5.16. The number of aromatic nitrogens is 5. The fourth-order valence-electron chi connectivity index (χ4n) is 5.47. The van der Waals surface area contributed by atoms with E-state index in [9.17, 15) is 18.4 Å². The van der Waals surface area contributed by atoms with Gasteiger partial charge >= 0.3 is 6.09 Å². The highest BCUT2D eigenvalue weighted by Gasteiger charge is 2.41. The molecule has 0 spiro atoms. The number of nitrogens with two attached hydrogens (primary N) is 1. The van der Waals surface area contributed by atoms with Gasteiger partial charge in [0.2, 0.25) is 5.78 Å². The topological polar surface area (TPSA) is 141 Å². The molecule has 1 aliphatic heterocycles. The van der Waals surface area contributed by atoms with Crippen LogP contribution in [0.2, 0.25) is 0 Å². The molecule has 0 bridgehead atoms. The number of anilines is 2. The quantitative estimate of drug-likeness (QED) is 0.248. The van der Waals surface area contributed by atoms with Crippen LogP contribution < -0.4 is 16.0 Å². The van der Waals surface area contributed by atoms with Crippen molar-refractivity contribution in [3.63, 3.8) is 0 Å². The third kappa shape index (κ3) is 6.01. The molecule has 11 nitrogen and oxygen atoms in total. The molecule has 1 saturated heterocycles. The fourth-order valence-corrected chi connectivity index (χ4v) is 5.47. The van der Waals surface area contributed by atoms with Crippen LogP contribution in [-0.4, -0.2) is 56.4 Å². The molecule has 232 valence electrons. The molecular formula is C32H32F2N8O3. The number of hydrogen-bond donors (Lipinski definition) is 2. The van der Waals surface area contributed by atoms with Gasteiger partial charge in [-0.2, -0.15) is 0 Å². The van der Waals surface area contributed by atoms with Crippen molar-refractivity contribution in [3.05, 3.63) is 102 Å². The summed E-state index contributed by atoms with van der Waals surface area (Å²) in [6.07, 6.45) is 8.21. The van der Waals surface area contributed by atoms with Gasteiger partial charge in [0.1, 0.15) is 11.2 Å². The summed E-state index contributed by atoms with van der Waals surface area (Å²) < 4.78 is 34.3. The van der Waals surface area contributed by atoms with Crippen molar-refractivity contribution in [2.75, 3.05) is 30.8 Å². The summed E-state index contributed by atoms with van der Waals surface area (Å²) in [6.45, 7) is 4.78. The van der Waals surface area contributed by atoms with Crippen LogP contribution in [0.5, 0.6) is 0 Å². The fraction of sp³-hybridized carbons (Fsp3) is 0.250. The van der Waals surface area contributed by atoms with Crippen LogP contribution in [-0.2, 0) is 10.3 Å². The number of benzene rings is 1. The van der Waals surface area contributed by atoms with Gasteiger partial charge in [0, 0.05) is 37.2 Å². The number of amides is 1. The zero-order valence-corrected chi connectivity index (χ0v) is 25.0. The number of nitrogens with one attached hydrogen (secondary N) is 1. The Hall–Kier alpha value is -5.46. The van der Waals surface area contributed by atoms with Gasteiger partial charge in [-0.1, -0.05) is 19.9 Å². The molecule has 1 amide bonds. The molecule has 5 heterocycles. The summed E-state index contributed by atoms with van der Waals surface area (Å²) in [7, 11) is 1.29. The first-order chi connectivity index (χ1) is 21.8. The Labute approximate surface area is 258 Å². The lowest BCUT2D eigenvalue weighted by atomic mass is 9.84. The van der Waals surface area contributed by atoms with E-state index >= 15 is 0 Å². The molecule has 6 rings (SSSR count). The Morgan fingerprint density at radius 2 is 1.82 bits per heavy atom. The molecule has 3 N–H and O–H groups in total. The summed E-state index contributed by atoms with van der Waals surface area (Å²) in [5.74, 6) is -2.28. The molecule has 0 saturated carbocycles. The average Bonchev–Trinajstić information content (AvgIpc) is 3.52. The number of hydrogen-bond acceptors (Lipinski definition) is 9. The maximum atomic E-state index is 14.2. The van der Waals surface area contributed by atoms with Gasteiger partial charge in [0.25, 0.3) is 0 Å². The first-order valence-corrected chi connectivity index (χ1v) is 14.4. The van der Waals surface area contributed by atoms with Crippen molar-refractivity contribution in [2.45, 2.75) is 32.2 Å². The number of nitrogen functional groups attached to an aromatic ring is 1. The number of methoxy groups -OCH3 is 1. The molecule has 13 heteroatoms. The third-order valence-electron chi connectivity index (χ3n) is 7.55. The molecule has 1 aromatic carbocycles. The SMILES string of the molecule is CC.COC(=O)NC1(c2ccccn2)CCCN(c2cnc(-c3ccc(F)c(F)c3)cc2C(=O)c2cnc3c(N)nccn23)C1. The number of halogens is 2. The Morgan fingerprint density at radius 3 is 2.56 bits per heavy atom. The summed E-state index contributed by atoms with van der Waals surface area (Å²) in [6, 6.07) is 10.4. The van der Waals surface area contributed by atoms with Crippen molar-refractivity contribution in [1.29, 1.82) is 0 Å². The second-order valence-electron chi connectivity index (χ2n) is 10.1. The molecule has 1 fully saturated rings. The molecule has 1 atom stereocenters. The first kappa shape index (κ1) is 31.0. The van der Waals surface area contributed by atoms with Gasteiger partial charge in [0.15, 0.2) is 23.1 Å². The Kier molecular flexibility index (Phi) is 8.98. The summed E-state index contributed by atoms with van der Waals surface area (Å²) in [5.41, 5.74) is 7.47. The van der Waals surface area contributed by atoms with Crippen LogP contribution in [0.15, 0.2) is 73.4 Å². The van der Waals surface area contributed by atoms with Crippen LogP contribution in [0.1, 0.15) is 48.4 Å². The van der Waals surface area contributed by atoms with Crippen LogP contribution in [0.4, 0.5) is 25.1 Å². The number of nitrogens with zero attached hydrogens (tertiary/aromatic N) is 6.